The van der Waals surface area contributed by atoms with E-state index in [4.69, 9.17) is 9.05 Å². The van der Waals surface area contributed by atoms with Gasteiger partial charge in [-0.1, -0.05) is 36.4 Å². The van der Waals surface area contributed by atoms with Gasteiger partial charge in [0.15, 0.2) is 0 Å². The van der Waals surface area contributed by atoms with Crippen LogP contribution in [0.15, 0.2) is 89.3 Å². The van der Waals surface area contributed by atoms with Crippen molar-refractivity contribution in [2.24, 2.45) is 9.98 Å². The molecule has 1 aliphatic rings. The molecule has 0 spiro atoms. The van der Waals surface area contributed by atoms with Crippen molar-refractivity contribution < 1.29 is 9.05 Å². The lowest BCUT2D eigenvalue weighted by Gasteiger charge is -2.13. The van der Waals surface area contributed by atoms with E-state index in [2.05, 4.69) is 20.3 Å². The Balaban J connectivity index is 1.82. The van der Waals surface area contributed by atoms with Crippen molar-refractivity contribution >= 4 is 22.8 Å². The highest BCUT2D eigenvalue weighted by Gasteiger charge is 2.36. The number of H-pyrrole nitrogens is 2. The maximum atomic E-state index is 12.4. The highest BCUT2D eigenvalue weighted by molar-refractivity contribution is 6.30. The Morgan fingerprint density at radius 1 is 0.607 bits per heavy atom. The fourth-order valence-electron chi connectivity index (χ4n) is 3.10. The second kappa shape index (κ2) is 6.20. The van der Waals surface area contributed by atoms with Gasteiger partial charge in [-0.3, -0.25) is 0 Å². The molecule has 0 radical (unpaired) electrons. The number of fused-ring (bicyclic) bond motifs is 2. The van der Waals surface area contributed by atoms with E-state index in [0.717, 1.165) is 0 Å². The van der Waals surface area contributed by atoms with Crippen LogP contribution in [0.25, 0.3) is 0 Å². The minimum absolute atomic E-state index is 0.183. The fraction of sp³-hybridized carbons (Fsp3) is 0. The summed E-state index contributed by atoms with van der Waals surface area (Å²) in [5.74, 6) is 0. The number of hydrogen-bond acceptors (Lipinski definition) is 6. The lowest BCUT2D eigenvalue weighted by molar-refractivity contribution is 0.388. The van der Waals surface area contributed by atoms with Gasteiger partial charge >= 0.3 is 11.3 Å². The van der Waals surface area contributed by atoms with E-state index in [1.807, 2.05) is 36.4 Å². The van der Waals surface area contributed by atoms with Crippen LogP contribution in [0.4, 0.5) is 11.4 Å². The highest BCUT2D eigenvalue weighted by Crippen LogP contribution is 2.27. The van der Waals surface area contributed by atoms with Crippen LogP contribution >= 0.6 is 0 Å². The smallest absolute Gasteiger partial charge is 0.338 e. The van der Waals surface area contributed by atoms with Crippen molar-refractivity contribution in [2.45, 2.75) is 0 Å². The standard InChI is InChI=1S/C20H12N4O4/c25-19-13-15(21-11-7-3-1-4-8-11)17-14(20(26)28-23-17)16(18(13)24-27-19)22-12-9-5-2-6-10-12/h1-10,23-24H. The summed E-state index contributed by atoms with van der Waals surface area (Å²) in [6, 6.07) is 18.1. The van der Waals surface area contributed by atoms with Crippen molar-refractivity contribution in [1.82, 2.24) is 10.3 Å². The zero-order valence-electron chi connectivity index (χ0n) is 14.3. The molecule has 5 rings (SSSR count). The molecule has 2 N–H and O–H groups in total. The molecule has 0 saturated carbocycles. The van der Waals surface area contributed by atoms with Gasteiger partial charge in [-0.15, -0.1) is 0 Å². The predicted molar refractivity (Wildman–Crippen MR) is 102 cm³/mol. The molecule has 0 atom stereocenters. The first-order chi connectivity index (χ1) is 13.7. The molecule has 28 heavy (non-hydrogen) atoms. The van der Waals surface area contributed by atoms with Crippen molar-refractivity contribution in [2.75, 3.05) is 0 Å². The van der Waals surface area contributed by atoms with E-state index < -0.39 is 11.3 Å². The summed E-state index contributed by atoms with van der Waals surface area (Å²) in [6.45, 7) is 0. The van der Waals surface area contributed by atoms with E-state index in [0.29, 0.717) is 11.4 Å². The van der Waals surface area contributed by atoms with Crippen molar-refractivity contribution in [1.29, 1.82) is 0 Å². The normalized spacial score (nSPS) is 15.6. The number of nitrogens with one attached hydrogen (secondary N) is 2. The molecule has 8 heteroatoms. The maximum absolute atomic E-state index is 12.4. The number of nitrogens with zero attached hydrogens (tertiary/aromatic N) is 2. The first-order valence-corrected chi connectivity index (χ1v) is 8.44. The van der Waals surface area contributed by atoms with Gasteiger partial charge in [-0.25, -0.2) is 29.9 Å². The van der Waals surface area contributed by atoms with E-state index in [9.17, 15) is 9.59 Å². The molecule has 2 aromatic heterocycles. The summed E-state index contributed by atoms with van der Waals surface area (Å²) >= 11 is 0. The van der Waals surface area contributed by atoms with Crippen LogP contribution in [0.1, 0.15) is 22.5 Å². The second-order valence-electron chi connectivity index (χ2n) is 6.08. The van der Waals surface area contributed by atoms with E-state index >= 15 is 0 Å². The average Bonchev–Trinajstić information content (AvgIpc) is 3.30. The summed E-state index contributed by atoms with van der Waals surface area (Å²) in [6.07, 6.45) is 0. The molecule has 4 aromatic rings. The lowest BCUT2D eigenvalue weighted by atomic mass is 9.92. The molecule has 2 aromatic carbocycles. The third kappa shape index (κ3) is 2.47. The zero-order chi connectivity index (χ0) is 19.1. The summed E-state index contributed by atoms with van der Waals surface area (Å²) in [7, 11) is 0. The SMILES string of the molecule is O=c1o[nH]c2c1C(=Nc1ccccc1)c1[nH]oc(=O)c1C2=Nc1ccccc1. The number of para-hydroxylation sites is 2. The largest absolute Gasteiger partial charge is 0.367 e. The first-order valence-electron chi connectivity index (χ1n) is 8.44. The Hall–Kier alpha value is -4.20. The van der Waals surface area contributed by atoms with Gasteiger partial charge in [0.1, 0.15) is 33.9 Å². The van der Waals surface area contributed by atoms with Gasteiger partial charge in [0, 0.05) is 0 Å². The Morgan fingerprint density at radius 2 is 1.00 bits per heavy atom. The van der Waals surface area contributed by atoms with Gasteiger partial charge in [0.2, 0.25) is 0 Å². The lowest BCUT2D eigenvalue weighted by Crippen LogP contribution is -2.28. The van der Waals surface area contributed by atoms with Crippen LogP contribution in [0.3, 0.4) is 0 Å². The molecule has 2 heterocycles. The molecule has 0 unspecified atom stereocenters. The van der Waals surface area contributed by atoms with Crippen molar-refractivity contribution in [3.05, 3.63) is 104 Å². The summed E-state index contributed by atoms with van der Waals surface area (Å²) in [4.78, 5) is 33.9. The fourth-order valence-corrected chi connectivity index (χ4v) is 3.10. The molecule has 0 saturated heterocycles. The number of rotatable bonds is 2. The number of hydrogen-bond donors (Lipinski definition) is 2. The minimum Gasteiger partial charge on any atom is -0.338 e. The van der Waals surface area contributed by atoms with Gasteiger partial charge in [0.25, 0.3) is 0 Å². The average molecular weight is 372 g/mol. The summed E-state index contributed by atoms with van der Waals surface area (Å²) < 4.78 is 10.0. The Labute approximate surface area is 156 Å². The first kappa shape index (κ1) is 16.0. The van der Waals surface area contributed by atoms with Crippen LogP contribution in [-0.4, -0.2) is 21.7 Å². The van der Waals surface area contributed by atoms with Gasteiger partial charge in [-0.05, 0) is 24.3 Å². The number of aromatic nitrogens is 2. The molecule has 1 aliphatic carbocycles. The van der Waals surface area contributed by atoms with Gasteiger partial charge in [-0.2, -0.15) is 0 Å². The number of benzene rings is 2. The highest BCUT2D eigenvalue weighted by atomic mass is 16.5. The number of aliphatic imine (C=N–C) groups is 2. The Bertz CT molecular complexity index is 1230. The molecule has 8 nitrogen and oxygen atoms in total. The Kier molecular flexibility index (Phi) is 3.55. The van der Waals surface area contributed by atoms with Gasteiger partial charge in [0.05, 0.1) is 11.4 Å². The van der Waals surface area contributed by atoms with Crippen LogP contribution in [0.2, 0.25) is 0 Å². The van der Waals surface area contributed by atoms with Crippen molar-refractivity contribution in [3.63, 3.8) is 0 Å². The minimum atomic E-state index is -0.613. The molecule has 136 valence electrons. The van der Waals surface area contributed by atoms with Gasteiger partial charge < -0.3 is 9.05 Å². The monoisotopic (exact) mass is 372 g/mol. The second-order valence-corrected chi connectivity index (χ2v) is 6.08. The summed E-state index contributed by atoms with van der Waals surface area (Å²) in [5, 5.41) is 5.15. The van der Waals surface area contributed by atoms with Crippen LogP contribution in [-0.2, 0) is 0 Å². The molecule has 0 bridgehead atoms. The van der Waals surface area contributed by atoms with Crippen LogP contribution in [0, 0.1) is 0 Å². The quantitative estimate of drug-likeness (QED) is 0.495. The zero-order valence-corrected chi connectivity index (χ0v) is 14.3. The number of aromatic amines is 2. The maximum Gasteiger partial charge on any atom is 0.367 e. The van der Waals surface area contributed by atoms with Crippen molar-refractivity contribution in [3.8, 4) is 0 Å². The van der Waals surface area contributed by atoms with E-state index in [1.54, 1.807) is 24.3 Å². The Morgan fingerprint density at radius 3 is 1.39 bits per heavy atom. The van der Waals surface area contributed by atoms with Crippen LogP contribution in [0.5, 0.6) is 0 Å². The van der Waals surface area contributed by atoms with Crippen LogP contribution < -0.4 is 11.3 Å². The van der Waals surface area contributed by atoms with E-state index in [1.165, 1.54) is 0 Å². The third-order valence-electron chi connectivity index (χ3n) is 4.34. The van der Waals surface area contributed by atoms with E-state index in [-0.39, 0.29) is 33.9 Å². The molecular formula is C20H12N4O4. The molecule has 0 aliphatic heterocycles. The molecule has 0 amide bonds. The molecule has 0 fully saturated rings. The summed E-state index contributed by atoms with van der Waals surface area (Å²) in [5.41, 5.74) is 1.43. The third-order valence-corrected chi connectivity index (χ3v) is 4.34. The topological polar surface area (TPSA) is 117 Å². The molecular weight excluding hydrogens is 360 g/mol. The predicted octanol–water partition coefficient (Wildman–Crippen LogP) is 2.90.